The van der Waals surface area contributed by atoms with Crippen molar-refractivity contribution >= 4 is 25.3 Å². The number of rotatable bonds is 4. The lowest BCUT2D eigenvalue weighted by Crippen LogP contribution is -2.29. The van der Waals surface area contributed by atoms with Crippen LogP contribution in [0.15, 0.2) is 24.3 Å². The van der Waals surface area contributed by atoms with Gasteiger partial charge in [-0.3, -0.25) is 4.72 Å². The minimum Gasteiger partial charge on any atom is -0.256 e. The molecule has 0 heterocycles. The third-order valence-electron chi connectivity index (χ3n) is 3.91. The van der Waals surface area contributed by atoms with Crippen LogP contribution in [0, 0.1) is 5.92 Å². The van der Waals surface area contributed by atoms with E-state index in [0.717, 1.165) is 11.4 Å². The first kappa shape index (κ1) is 23.6. The van der Waals surface area contributed by atoms with E-state index in [0.29, 0.717) is 6.04 Å². The maximum atomic E-state index is 5.82. The zero-order valence-electron chi connectivity index (χ0n) is 17.0. The highest BCUT2D eigenvalue weighted by molar-refractivity contribution is 7.98. The molecule has 0 amide bonds. The van der Waals surface area contributed by atoms with Crippen LogP contribution in [0.4, 0.5) is 0 Å². The van der Waals surface area contributed by atoms with Crippen molar-refractivity contribution in [3.8, 4) is 0 Å². The molecule has 0 aliphatic heterocycles. The minimum atomic E-state index is 0.237. The van der Waals surface area contributed by atoms with Gasteiger partial charge in [-0.25, -0.2) is 0 Å². The lowest BCUT2D eigenvalue weighted by atomic mass is 9.81. The summed E-state index contributed by atoms with van der Waals surface area (Å²) in [6, 6.07) is 8.86. The molecule has 1 aromatic carbocycles. The molecule has 24 heavy (non-hydrogen) atoms. The van der Waals surface area contributed by atoms with E-state index in [1.807, 2.05) is 51.8 Å². The third kappa shape index (κ3) is 9.18. The molecule has 1 unspecified atom stereocenters. The van der Waals surface area contributed by atoms with E-state index >= 15 is 0 Å². The Kier molecular flexibility index (Phi) is 12.7. The largest absolute Gasteiger partial charge is 0.256 e. The van der Waals surface area contributed by atoms with E-state index in [9.17, 15) is 0 Å². The molecule has 1 aliphatic carbocycles. The Morgan fingerprint density at radius 3 is 1.92 bits per heavy atom. The normalized spacial score (nSPS) is 16.3. The first-order valence-electron chi connectivity index (χ1n) is 9.75. The Bertz CT molecular complexity index is 405. The van der Waals surface area contributed by atoms with Crippen LogP contribution in [0.3, 0.4) is 0 Å². The quantitative estimate of drug-likeness (QED) is 0.515. The van der Waals surface area contributed by atoms with Crippen LogP contribution in [0.2, 0.25) is 0 Å². The molecule has 0 bridgehead atoms. The zero-order chi connectivity index (χ0) is 18.6. The summed E-state index contributed by atoms with van der Waals surface area (Å²) in [4.78, 5) is 0. The average Bonchev–Trinajstić information content (AvgIpc) is 2.60. The topological polar surface area (TPSA) is 12.0 Å². The fourth-order valence-electron chi connectivity index (χ4n) is 2.85. The maximum absolute atomic E-state index is 5.82. The lowest BCUT2D eigenvalue weighted by molar-refractivity contribution is 0.297. The van der Waals surface area contributed by atoms with Gasteiger partial charge >= 0.3 is 0 Å². The predicted molar refractivity (Wildman–Crippen MR) is 114 cm³/mol. The van der Waals surface area contributed by atoms with Crippen LogP contribution >= 0.6 is 11.9 Å². The Labute approximate surface area is 157 Å². The van der Waals surface area contributed by atoms with Crippen molar-refractivity contribution in [1.82, 2.24) is 4.72 Å². The smallest absolute Gasteiger partial charge is 0.113 e. The highest BCUT2D eigenvalue weighted by Gasteiger charge is 2.26. The Morgan fingerprint density at radius 1 is 0.958 bits per heavy atom. The number of nitrogens with one attached hydrogen (secondary N) is 1. The molecule has 0 aromatic heterocycles. The summed E-state index contributed by atoms with van der Waals surface area (Å²) in [6.07, 6.45) is 6.83. The fraction of sp³-hybridized carbons (Fsp3) is 0.714. The van der Waals surface area contributed by atoms with Gasteiger partial charge in [-0.2, -0.15) is 0 Å². The average molecular weight is 347 g/mol. The van der Waals surface area contributed by atoms with Crippen molar-refractivity contribution in [2.45, 2.75) is 91.4 Å². The molecule has 2 radical (unpaired) electrons. The van der Waals surface area contributed by atoms with Gasteiger partial charge in [0, 0.05) is 10.8 Å². The molecule has 1 aromatic rings. The number of hydrogen-bond acceptors (Lipinski definition) is 2. The van der Waals surface area contributed by atoms with E-state index in [4.69, 9.17) is 7.85 Å². The summed E-state index contributed by atoms with van der Waals surface area (Å²) < 4.78 is 3.98. The molecular formula is C21H38BNS. The predicted octanol–water partition coefficient (Wildman–Crippen LogP) is 6.19. The highest BCUT2D eigenvalue weighted by Crippen LogP contribution is 2.36. The monoisotopic (exact) mass is 347 g/mol. The first-order valence-corrected chi connectivity index (χ1v) is 10.6. The van der Waals surface area contributed by atoms with Crippen molar-refractivity contribution in [3.05, 3.63) is 29.8 Å². The molecule has 2 rings (SSSR count). The molecular weight excluding hydrogens is 309 g/mol. The molecule has 3 heteroatoms. The van der Waals surface area contributed by atoms with Gasteiger partial charge in [-0.1, -0.05) is 88.6 Å². The molecule has 136 valence electrons. The molecule has 1 aliphatic rings. The van der Waals surface area contributed by atoms with E-state index < -0.39 is 0 Å². The van der Waals surface area contributed by atoms with Gasteiger partial charge in [0.15, 0.2) is 0 Å². The summed E-state index contributed by atoms with van der Waals surface area (Å²) >= 11 is 1.85. The second-order valence-corrected chi connectivity index (χ2v) is 8.54. The van der Waals surface area contributed by atoms with Crippen molar-refractivity contribution in [3.63, 3.8) is 0 Å². The summed E-state index contributed by atoms with van der Waals surface area (Å²) in [5.41, 5.74) is 2.22. The number of hydrogen-bond donors (Lipinski definition) is 1. The van der Waals surface area contributed by atoms with Crippen molar-refractivity contribution < 1.29 is 0 Å². The molecule has 0 saturated heterocycles. The molecule has 1 fully saturated rings. The van der Waals surface area contributed by atoms with E-state index in [1.54, 1.807) is 0 Å². The van der Waals surface area contributed by atoms with E-state index in [-0.39, 0.29) is 4.75 Å². The Morgan fingerprint density at radius 2 is 1.46 bits per heavy atom. The van der Waals surface area contributed by atoms with Crippen LogP contribution in [0.25, 0.3) is 0 Å². The standard InChI is InChI=1S/C17H26BNS.2C2H6/c1-17(2,3)20-19-16(13-7-5-4-6-8-13)14-9-11-15(18)12-10-14;2*1-2/h9-13,16,19H,4-8H2,1-3H3;2*1-2H3. The van der Waals surface area contributed by atoms with Crippen LogP contribution in [-0.4, -0.2) is 12.6 Å². The van der Waals surface area contributed by atoms with Crippen LogP contribution in [-0.2, 0) is 0 Å². The molecule has 1 atom stereocenters. The van der Waals surface area contributed by atoms with Gasteiger partial charge in [-0.15, -0.1) is 0 Å². The Balaban J connectivity index is 0.00000123. The molecule has 1 saturated carbocycles. The van der Waals surface area contributed by atoms with Gasteiger partial charge in [0.25, 0.3) is 0 Å². The second-order valence-electron chi connectivity index (χ2n) is 6.87. The van der Waals surface area contributed by atoms with E-state index in [2.05, 4.69) is 37.6 Å². The summed E-state index contributed by atoms with van der Waals surface area (Å²) in [6.45, 7) is 14.8. The summed E-state index contributed by atoms with van der Waals surface area (Å²) in [5.74, 6) is 0.752. The summed E-state index contributed by atoms with van der Waals surface area (Å²) in [5, 5.41) is 0. The van der Waals surface area contributed by atoms with Gasteiger partial charge < -0.3 is 0 Å². The van der Waals surface area contributed by atoms with Crippen molar-refractivity contribution in [1.29, 1.82) is 0 Å². The molecule has 1 N–H and O–H groups in total. The first-order chi connectivity index (χ1) is 11.5. The SMILES string of the molecule is CC.CC.[B]c1ccc(C(NSC(C)(C)C)C2CCCCC2)cc1. The van der Waals surface area contributed by atoms with Gasteiger partial charge in [-0.05, 0) is 45.1 Å². The molecule has 0 spiro atoms. The molecule has 1 nitrogen and oxygen atoms in total. The van der Waals surface area contributed by atoms with Crippen molar-refractivity contribution in [2.24, 2.45) is 5.92 Å². The van der Waals surface area contributed by atoms with E-state index in [1.165, 1.54) is 37.7 Å². The summed E-state index contributed by atoms with van der Waals surface area (Å²) in [7, 11) is 5.82. The van der Waals surface area contributed by atoms with Crippen molar-refractivity contribution in [2.75, 3.05) is 0 Å². The highest BCUT2D eigenvalue weighted by atomic mass is 32.2. The zero-order valence-corrected chi connectivity index (χ0v) is 17.8. The second kappa shape index (κ2) is 12.9. The minimum absolute atomic E-state index is 0.237. The van der Waals surface area contributed by atoms with Crippen LogP contribution in [0.5, 0.6) is 0 Å². The Hall–Kier alpha value is -0.405. The number of benzene rings is 1. The van der Waals surface area contributed by atoms with Gasteiger partial charge in [0.05, 0.1) is 0 Å². The lowest BCUT2D eigenvalue weighted by Gasteiger charge is -2.33. The maximum Gasteiger partial charge on any atom is 0.113 e. The van der Waals surface area contributed by atoms with Gasteiger partial charge in [0.1, 0.15) is 7.85 Å². The van der Waals surface area contributed by atoms with Crippen LogP contribution < -0.4 is 10.2 Å². The third-order valence-corrected chi connectivity index (χ3v) is 4.89. The van der Waals surface area contributed by atoms with Crippen LogP contribution in [0.1, 0.15) is 92.2 Å². The van der Waals surface area contributed by atoms with Gasteiger partial charge in [0.2, 0.25) is 0 Å². The fourth-order valence-corrected chi connectivity index (χ4v) is 3.66.